The third-order valence-electron chi connectivity index (χ3n) is 2.27. The average Bonchev–Trinajstić information content (AvgIpc) is 2.00. The number of ether oxygens (including phenoxy) is 1. The normalized spacial score (nSPS) is 32.2. The van der Waals surface area contributed by atoms with E-state index in [4.69, 9.17) is 14.5 Å². The SMILES string of the molecule is CCC1(C(=O)OC(C)(C)C)OOC1C. The number of rotatable bonds is 2. The summed E-state index contributed by atoms with van der Waals surface area (Å²) >= 11 is 0. The zero-order chi connectivity index (χ0) is 11.0. The first-order chi connectivity index (χ1) is 6.32. The Morgan fingerprint density at radius 1 is 1.50 bits per heavy atom. The molecule has 0 aromatic heterocycles. The predicted molar refractivity (Wildman–Crippen MR) is 50.5 cm³/mol. The second-order valence-corrected chi connectivity index (χ2v) is 4.57. The van der Waals surface area contributed by atoms with Crippen LogP contribution in [0.1, 0.15) is 41.0 Å². The van der Waals surface area contributed by atoms with Crippen molar-refractivity contribution in [2.45, 2.75) is 58.3 Å². The second kappa shape index (κ2) is 3.51. The minimum Gasteiger partial charge on any atom is -0.458 e. The molecular formula is C10H18O4. The van der Waals surface area contributed by atoms with Gasteiger partial charge in [-0.3, -0.25) is 0 Å². The molecule has 0 aliphatic carbocycles. The van der Waals surface area contributed by atoms with E-state index in [9.17, 15) is 4.79 Å². The lowest BCUT2D eigenvalue weighted by molar-refractivity contribution is -0.494. The van der Waals surface area contributed by atoms with Crippen molar-refractivity contribution in [1.29, 1.82) is 0 Å². The lowest BCUT2D eigenvalue weighted by Crippen LogP contribution is -2.61. The first-order valence-corrected chi connectivity index (χ1v) is 4.90. The van der Waals surface area contributed by atoms with E-state index in [2.05, 4.69) is 0 Å². The van der Waals surface area contributed by atoms with E-state index in [-0.39, 0.29) is 12.1 Å². The van der Waals surface area contributed by atoms with Gasteiger partial charge in [-0.15, -0.1) is 0 Å². The van der Waals surface area contributed by atoms with Crippen molar-refractivity contribution in [3.05, 3.63) is 0 Å². The average molecular weight is 202 g/mol. The summed E-state index contributed by atoms with van der Waals surface area (Å²) in [4.78, 5) is 21.5. The van der Waals surface area contributed by atoms with E-state index in [0.29, 0.717) is 6.42 Å². The fourth-order valence-electron chi connectivity index (χ4n) is 1.32. The molecule has 4 heteroatoms. The molecule has 82 valence electrons. The van der Waals surface area contributed by atoms with E-state index in [1.807, 2.05) is 27.7 Å². The van der Waals surface area contributed by atoms with Crippen molar-refractivity contribution in [2.24, 2.45) is 0 Å². The topological polar surface area (TPSA) is 44.8 Å². The van der Waals surface area contributed by atoms with Crippen LogP contribution >= 0.6 is 0 Å². The predicted octanol–water partition coefficient (Wildman–Crippen LogP) is 1.83. The van der Waals surface area contributed by atoms with E-state index >= 15 is 0 Å². The Kier molecular flexibility index (Phi) is 2.88. The van der Waals surface area contributed by atoms with Gasteiger partial charge in [-0.25, -0.2) is 14.6 Å². The van der Waals surface area contributed by atoms with Gasteiger partial charge in [0, 0.05) is 0 Å². The van der Waals surface area contributed by atoms with Gasteiger partial charge in [-0.1, -0.05) is 6.92 Å². The number of carbonyl (C=O) groups excluding carboxylic acids is 1. The minimum atomic E-state index is -0.896. The highest BCUT2D eigenvalue weighted by molar-refractivity contribution is 5.81. The second-order valence-electron chi connectivity index (χ2n) is 4.57. The Bertz CT molecular complexity index is 227. The molecule has 0 aromatic rings. The molecule has 2 atom stereocenters. The Labute approximate surface area is 84.4 Å². The largest absolute Gasteiger partial charge is 0.458 e. The molecule has 14 heavy (non-hydrogen) atoms. The van der Waals surface area contributed by atoms with Crippen LogP contribution < -0.4 is 0 Å². The third-order valence-corrected chi connectivity index (χ3v) is 2.27. The molecule has 2 unspecified atom stereocenters. The van der Waals surface area contributed by atoms with Crippen molar-refractivity contribution in [1.82, 2.24) is 0 Å². The molecule has 0 amide bonds. The molecule has 1 heterocycles. The summed E-state index contributed by atoms with van der Waals surface area (Å²) in [6.45, 7) is 9.18. The molecule has 1 rings (SSSR count). The first-order valence-electron chi connectivity index (χ1n) is 4.90. The first kappa shape index (κ1) is 11.5. The van der Waals surface area contributed by atoms with Crippen LogP contribution in [0.15, 0.2) is 0 Å². The Balaban J connectivity index is 2.67. The Morgan fingerprint density at radius 3 is 2.29 bits per heavy atom. The molecule has 1 aliphatic rings. The summed E-state index contributed by atoms with van der Waals surface area (Å²) < 4.78 is 5.26. The van der Waals surface area contributed by atoms with Gasteiger partial charge in [0.05, 0.1) is 0 Å². The van der Waals surface area contributed by atoms with Crippen molar-refractivity contribution >= 4 is 5.97 Å². The fraction of sp³-hybridized carbons (Fsp3) is 0.900. The fourth-order valence-corrected chi connectivity index (χ4v) is 1.32. The van der Waals surface area contributed by atoms with Crippen LogP contribution in [0.5, 0.6) is 0 Å². The molecule has 0 aromatic carbocycles. The van der Waals surface area contributed by atoms with Gasteiger partial charge in [0.1, 0.15) is 11.7 Å². The lowest BCUT2D eigenvalue weighted by Gasteiger charge is -2.43. The molecule has 0 saturated carbocycles. The van der Waals surface area contributed by atoms with E-state index in [1.165, 1.54) is 0 Å². The number of carbonyl (C=O) groups is 1. The van der Waals surface area contributed by atoms with Gasteiger partial charge in [-0.2, -0.15) is 0 Å². The van der Waals surface area contributed by atoms with Gasteiger partial charge >= 0.3 is 5.97 Å². The summed E-state index contributed by atoms with van der Waals surface area (Å²) in [5.74, 6) is -0.341. The molecule has 0 spiro atoms. The molecule has 0 bridgehead atoms. The van der Waals surface area contributed by atoms with Crippen LogP contribution in [0.3, 0.4) is 0 Å². The summed E-state index contributed by atoms with van der Waals surface area (Å²) in [6, 6.07) is 0. The van der Waals surface area contributed by atoms with Crippen molar-refractivity contribution in [3.8, 4) is 0 Å². The quantitative estimate of drug-likeness (QED) is 0.506. The van der Waals surface area contributed by atoms with Crippen LogP contribution in [0, 0.1) is 0 Å². The van der Waals surface area contributed by atoms with Gasteiger partial charge in [0.15, 0.2) is 0 Å². The maximum absolute atomic E-state index is 11.8. The maximum atomic E-state index is 11.8. The monoisotopic (exact) mass is 202 g/mol. The van der Waals surface area contributed by atoms with Gasteiger partial charge in [0.25, 0.3) is 0 Å². The molecular weight excluding hydrogens is 184 g/mol. The van der Waals surface area contributed by atoms with Gasteiger partial charge in [0.2, 0.25) is 5.60 Å². The number of esters is 1. The molecule has 4 nitrogen and oxygen atoms in total. The lowest BCUT2D eigenvalue weighted by atomic mass is 9.93. The highest BCUT2D eigenvalue weighted by atomic mass is 17.3. The minimum absolute atomic E-state index is 0.234. The highest BCUT2D eigenvalue weighted by Gasteiger charge is 2.56. The summed E-state index contributed by atoms with van der Waals surface area (Å²) in [6.07, 6.45) is 0.325. The van der Waals surface area contributed by atoms with Crippen molar-refractivity contribution in [3.63, 3.8) is 0 Å². The summed E-state index contributed by atoms with van der Waals surface area (Å²) in [5, 5.41) is 0. The van der Waals surface area contributed by atoms with Crippen LogP contribution in [0.25, 0.3) is 0 Å². The van der Waals surface area contributed by atoms with Crippen LogP contribution in [-0.2, 0) is 19.3 Å². The van der Waals surface area contributed by atoms with Gasteiger partial charge < -0.3 is 4.74 Å². The molecule has 0 N–H and O–H groups in total. The number of hydrogen-bond donors (Lipinski definition) is 0. The standard InChI is InChI=1S/C10H18O4/c1-6-10(7(2)13-14-10)8(11)12-9(3,4)5/h7H,6H2,1-5H3. The molecule has 1 aliphatic heterocycles. The number of hydrogen-bond acceptors (Lipinski definition) is 4. The van der Waals surface area contributed by atoms with E-state index in [0.717, 1.165) is 0 Å². The zero-order valence-electron chi connectivity index (χ0n) is 9.42. The smallest absolute Gasteiger partial charge is 0.345 e. The maximum Gasteiger partial charge on any atom is 0.345 e. The Morgan fingerprint density at radius 2 is 2.07 bits per heavy atom. The molecule has 1 fully saturated rings. The van der Waals surface area contributed by atoms with E-state index < -0.39 is 11.2 Å². The van der Waals surface area contributed by atoms with Gasteiger partial charge in [-0.05, 0) is 34.1 Å². The highest BCUT2D eigenvalue weighted by Crippen LogP contribution is 2.35. The molecule has 0 radical (unpaired) electrons. The third kappa shape index (κ3) is 1.91. The zero-order valence-corrected chi connectivity index (χ0v) is 9.42. The molecule has 1 saturated heterocycles. The van der Waals surface area contributed by atoms with Crippen LogP contribution in [0.2, 0.25) is 0 Å². The van der Waals surface area contributed by atoms with Crippen LogP contribution in [0.4, 0.5) is 0 Å². The van der Waals surface area contributed by atoms with Crippen molar-refractivity contribution in [2.75, 3.05) is 0 Å². The summed E-state index contributed by atoms with van der Waals surface area (Å²) in [7, 11) is 0. The van der Waals surface area contributed by atoms with Crippen LogP contribution in [-0.4, -0.2) is 23.3 Å². The summed E-state index contributed by atoms with van der Waals surface area (Å²) in [5.41, 5.74) is -1.38. The van der Waals surface area contributed by atoms with Crippen molar-refractivity contribution < 1.29 is 19.3 Å². The van der Waals surface area contributed by atoms with E-state index in [1.54, 1.807) is 6.92 Å². The Hall–Kier alpha value is -0.610.